The quantitative estimate of drug-likeness (QED) is 0.840. The Balaban J connectivity index is 1.75. The highest BCUT2D eigenvalue weighted by atomic mass is 16.4. The summed E-state index contributed by atoms with van der Waals surface area (Å²) in [5.74, 6) is 0.0171. The van der Waals surface area contributed by atoms with Gasteiger partial charge in [0.05, 0.1) is 6.54 Å². The van der Waals surface area contributed by atoms with E-state index in [-0.39, 0.29) is 6.54 Å². The van der Waals surface area contributed by atoms with Gasteiger partial charge in [-0.2, -0.15) is 5.10 Å². The summed E-state index contributed by atoms with van der Waals surface area (Å²) in [6, 6.07) is 6.72. The monoisotopic (exact) mass is 300 g/mol. The zero-order valence-corrected chi connectivity index (χ0v) is 12.6. The Hall–Kier alpha value is -2.21. The lowest BCUT2D eigenvalue weighted by Gasteiger charge is -2.25. The number of aromatic nitrogens is 3. The fraction of sp³-hybridized carbons (Fsp3) is 0.438. The molecule has 2 N–H and O–H groups in total. The summed E-state index contributed by atoms with van der Waals surface area (Å²) in [5, 5.41) is 15.7. The Morgan fingerprint density at radius 3 is 2.82 bits per heavy atom. The van der Waals surface area contributed by atoms with Crippen LogP contribution in [0.4, 0.5) is 0 Å². The van der Waals surface area contributed by atoms with E-state index < -0.39 is 5.97 Å². The van der Waals surface area contributed by atoms with Crippen molar-refractivity contribution >= 4 is 5.97 Å². The predicted molar refractivity (Wildman–Crippen MR) is 82.5 cm³/mol. The van der Waals surface area contributed by atoms with Gasteiger partial charge in [0, 0.05) is 11.6 Å². The molecule has 1 atom stereocenters. The maximum absolute atomic E-state index is 10.9. The van der Waals surface area contributed by atoms with Crippen LogP contribution in [0.25, 0.3) is 11.4 Å². The van der Waals surface area contributed by atoms with Crippen molar-refractivity contribution in [3.05, 3.63) is 35.7 Å². The summed E-state index contributed by atoms with van der Waals surface area (Å²) in [6.45, 7) is 0.102. The zero-order chi connectivity index (χ0) is 15.5. The van der Waals surface area contributed by atoms with Crippen LogP contribution in [-0.4, -0.2) is 50.8 Å². The summed E-state index contributed by atoms with van der Waals surface area (Å²) in [6.07, 6.45) is 5.44. The van der Waals surface area contributed by atoms with Gasteiger partial charge in [-0.05, 0) is 49.9 Å². The van der Waals surface area contributed by atoms with Crippen molar-refractivity contribution in [3.63, 3.8) is 0 Å². The first-order valence-corrected chi connectivity index (χ1v) is 7.53. The molecule has 0 amide bonds. The Morgan fingerprint density at radius 1 is 1.36 bits per heavy atom. The van der Waals surface area contributed by atoms with Crippen molar-refractivity contribution in [3.8, 4) is 11.4 Å². The van der Waals surface area contributed by atoms with Gasteiger partial charge in [0.15, 0.2) is 5.82 Å². The predicted octanol–water partition coefficient (Wildman–Crippen LogP) is 1.74. The first-order valence-electron chi connectivity index (χ1n) is 7.53. The van der Waals surface area contributed by atoms with Crippen molar-refractivity contribution in [2.75, 3.05) is 13.6 Å². The van der Waals surface area contributed by atoms with Crippen molar-refractivity contribution in [1.29, 1.82) is 0 Å². The highest BCUT2D eigenvalue weighted by Gasteiger charge is 2.21. The standard InChI is InChI=1S/C16H20N4O2/c1-20(9-15(21)22)14-6-4-11-2-3-13(8-12(11)5-7-14)16-17-10-18-19-16/h2-3,8,10,14H,4-7,9H2,1H3,(H,21,22)(H,17,18,19). The van der Waals surface area contributed by atoms with Gasteiger partial charge in [0.1, 0.15) is 6.33 Å². The third-order valence-electron chi connectivity index (χ3n) is 4.40. The minimum atomic E-state index is -0.767. The lowest BCUT2D eigenvalue weighted by molar-refractivity contribution is -0.138. The van der Waals surface area contributed by atoms with E-state index in [0.717, 1.165) is 37.1 Å². The lowest BCUT2D eigenvalue weighted by atomic mass is 10.00. The van der Waals surface area contributed by atoms with E-state index in [4.69, 9.17) is 5.11 Å². The maximum atomic E-state index is 10.9. The normalized spacial score (nSPS) is 18.0. The Bertz CT molecular complexity index is 654. The second-order valence-electron chi connectivity index (χ2n) is 5.86. The number of hydrogen-bond acceptors (Lipinski definition) is 4. The van der Waals surface area contributed by atoms with Gasteiger partial charge < -0.3 is 5.11 Å². The number of likely N-dealkylation sites (N-methyl/N-ethyl adjacent to an activating group) is 1. The van der Waals surface area contributed by atoms with E-state index in [9.17, 15) is 4.79 Å². The van der Waals surface area contributed by atoms with Gasteiger partial charge in [0.2, 0.25) is 0 Å². The number of aromatic amines is 1. The minimum Gasteiger partial charge on any atom is -0.480 e. The average molecular weight is 300 g/mol. The molecule has 1 aliphatic rings. The number of H-pyrrole nitrogens is 1. The van der Waals surface area contributed by atoms with E-state index in [1.54, 1.807) is 0 Å². The number of benzene rings is 1. The van der Waals surface area contributed by atoms with Gasteiger partial charge in [-0.25, -0.2) is 4.98 Å². The van der Waals surface area contributed by atoms with Crippen LogP contribution in [0.2, 0.25) is 0 Å². The van der Waals surface area contributed by atoms with Crippen LogP contribution in [0, 0.1) is 0 Å². The molecule has 0 spiro atoms. The molecule has 1 unspecified atom stereocenters. The molecule has 0 bridgehead atoms. The van der Waals surface area contributed by atoms with Crippen molar-refractivity contribution in [2.45, 2.75) is 31.7 Å². The fourth-order valence-corrected chi connectivity index (χ4v) is 3.17. The summed E-state index contributed by atoms with van der Waals surface area (Å²) in [4.78, 5) is 17.0. The molecule has 1 aromatic carbocycles. The highest BCUT2D eigenvalue weighted by molar-refractivity contribution is 5.69. The Kier molecular flexibility index (Phi) is 4.20. The zero-order valence-electron chi connectivity index (χ0n) is 12.6. The highest BCUT2D eigenvalue weighted by Crippen LogP contribution is 2.26. The third kappa shape index (κ3) is 3.17. The lowest BCUT2D eigenvalue weighted by Crippen LogP contribution is -2.36. The van der Waals surface area contributed by atoms with E-state index in [0.29, 0.717) is 6.04 Å². The van der Waals surface area contributed by atoms with Crippen molar-refractivity contribution in [2.24, 2.45) is 0 Å². The first kappa shape index (κ1) is 14.7. The Labute approximate surface area is 129 Å². The number of rotatable bonds is 4. The van der Waals surface area contributed by atoms with Crippen LogP contribution in [0.1, 0.15) is 24.0 Å². The molecule has 0 radical (unpaired) electrons. The maximum Gasteiger partial charge on any atom is 0.317 e. The molecular formula is C16H20N4O2. The largest absolute Gasteiger partial charge is 0.480 e. The SMILES string of the molecule is CN(CC(=O)O)C1CCc2ccc(-c3ncn[nH]3)cc2CC1. The average Bonchev–Trinajstić information content (AvgIpc) is 2.93. The van der Waals surface area contributed by atoms with Crippen LogP contribution in [0.5, 0.6) is 0 Å². The van der Waals surface area contributed by atoms with Crippen LogP contribution in [-0.2, 0) is 17.6 Å². The molecule has 0 saturated carbocycles. The van der Waals surface area contributed by atoms with Gasteiger partial charge in [-0.15, -0.1) is 0 Å². The van der Waals surface area contributed by atoms with E-state index >= 15 is 0 Å². The van der Waals surface area contributed by atoms with Crippen LogP contribution >= 0.6 is 0 Å². The molecule has 3 rings (SSSR count). The summed E-state index contributed by atoms with van der Waals surface area (Å²) in [7, 11) is 1.90. The van der Waals surface area contributed by atoms with E-state index in [1.165, 1.54) is 17.5 Å². The molecular weight excluding hydrogens is 280 g/mol. The number of nitrogens with one attached hydrogen (secondary N) is 1. The van der Waals surface area contributed by atoms with Crippen LogP contribution in [0.15, 0.2) is 24.5 Å². The summed E-state index contributed by atoms with van der Waals surface area (Å²) >= 11 is 0. The molecule has 22 heavy (non-hydrogen) atoms. The van der Waals surface area contributed by atoms with Gasteiger partial charge >= 0.3 is 5.97 Å². The van der Waals surface area contributed by atoms with Crippen LogP contribution < -0.4 is 0 Å². The van der Waals surface area contributed by atoms with Crippen LogP contribution in [0.3, 0.4) is 0 Å². The molecule has 1 heterocycles. The van der Waals surface area contributed by atoms with Crippen molar-refractivity contribution in [1.82, 2.24) is 20.1 Å². The molecule has 1 aromatic heterocycles. The fourth-order valence-electron chi connectivity index (χ4n) is 3.17. The minimum absolute atomic E-state index is 0.102. The van der Waals surface area contributed by atoms with Gasteiger partial charge in [-0.3, -0.25) is 14.8 Å². The number of carboxylic acids is 1. The van der Waals surface area contributed by atoms with E-state index in [2.05, 4.69) is 33.4 Å². The number of carbonyl (C=O) groups is 1. The Morgan fingerprint density at radius 2 is 2.14 bits per heavy atom. The molecule has 0 fully saturated rings. The molecule has 1 aliphatic carbocycles. The molecule has 6 heteroatoms. The second kappa shape index (κ2) is 6.27. The number of aliphatic carboxylic acids is 1. The molecule has 2 aromatic rings. The van der Waals surface area contributed by atoms with Gasteiger partial charge in [0.25, 0.3) is 0 Å². The number of nitrogens with zero attached hydrogens (tertiary/aromatic N) is 3. The number of aryl methyl sites for hydroxylation is 2. The number of fused-ring (bicyclic) bond motifs is 1. The second-order valence-corrected chi connectivity index (χ2v) is 5.86. The molecule has 0 aliphatic heterocycles. The summed E-state index contributed by atoms with van der Waals surface area (Å²) < 4.78 is 0. The number of carboxylic acid groups (broad SMARTS) is 1. The van der Waals surface area contributed by atoms with Gasteiger partial charge in [-0.1, -0.05) is 12.1 Å². The molecule has 6 nitrogen and oxygen atoms in total. The first-order chi connectivity index (χ1) is 10.6. The molecule has 116 valence electrons. The third-order valence-corrected chi connectivity index (χ3v) is 4.40. The number of hydrogen-bond donors (Lipinski definition) is 2. The van der Waals surface area contributed by atoms with Crippen molar-refractivity contribution < 1.29 is 9.90 Å². The summed E-state index contributed by atoms with van der Waals surface area (Å²) in [5.41, 5.74) is 3.74. The van der Waals surface area contributed by atoms with E-state index in [1.807, 2.05) is 11.9 Å². The smallest absolute Gasteiger partial charge is 0.317 e. The molecule has 0 saturated heterocycles. The topological polar surface area (TPSA) is 82.1 Å².